The molecular formula is C28H36N4O9. The third-order valence-corrected chi connectivity index (χ3v) is 6.25. The summed E-state index contributed by atoms with van der Waals surface area (Å²) < 4.78 is 0. The number of amides is 3. The maximum absolute atomic E-state index is 13.3. The smallest absolute Gasteiger partial charge is 0.326 e. The average molecular weight is 573 g/mol. The summed E-state index contributed by atoms with van der Waals surface area (Å²) in [5.41, 5.74) is 7.27. The summed E-state index contributed by atoms with van der Waals surface area (Å²) >= 11 is 0. The van der Waals surface area contributed by atoms with Crippen LogP contribution in [0.4, 0.5) is 0 Å². The number of phenols is 2. The van der Waals surface area contributed by atoms with Gasteiger partial charge in [-0.25, -0.2) is 4.79 Å². The molecular weight excluding hydrogens is 536 g/mol. The van der Waals surface area contributed by atoms with Gasteiger partial charge in [0, 0.05) is 12.8 Å². The topological polar surface area (TPSA) is 228 Å². The van der Waals surface area contributed by atoms with Crippen LogP contribution in [0.3, 0.4) is 0 Å². The standard InChI is InChI=1S/C28H36N4O9/c1-15(2)24(32-25(37)20(29)13-16-3-7-18(33)8-4-16)27(39)31-22(14-17-5-9-19(34)10-6-17)26(38)30-21(28(40)41)11-12-23(35)36/h3-10,15,20-22,24,33-34H,11-14,29H2,1-2H3,(H,30,38)(H,31,39)(H,32,37)(H,35,36)(H,40,41). The highest BCUT2D eigenvalue weighted by Crippen LogP contribution is 2.14. The van der Waals surface area contributed by atoms with E-state index in [0.29, 0.717) is 11.1 Å². The number of rotatable bonds is 15. The molecule has 0 heterocycles. The van der Waals surface area contributed by atoms with Crippen LogP contribution < -0.4 is 21.7 Å². The Labute approximate surface area is 236 Å². The molecule has 13 heteroatoms. The van der Waals surface area contributed by atoms with E-state index in [9.17, 15) is 39.3 Å². The molecule has 0 bridgehead atoms. The summed E-state index contributed by atoms with van der Waals surface area (Å²) in [6.45, 7) is 3.36. The maximum Gasteiger partial charge on any atom is 0.326 e. The fraction of sp³-hybridized carbons (Fsp3) is 0.393. The highest BCUT2D eigenvalue weighted by atomic mass is 16.4. The lowest BCUT2D eigenvalue weighted by Crippen LogP contribution is -2.59. The number of hydrogen-bond donors (Lipinski definition) is 8. The van der Waals surface area contributed by atoms with Gasteiger partial charge < -0.3 is 42.1 Å². The first-order valence-corrected chi connectivity index (χ1v) is 12.9. The van der Waals surface area contributed by atoms with Crippen molar-refractivity contribution in [2.24, 2.45) is 11.7 Å². The predicted molar refractivity (Wildman–Crippen MR) is 147 cm³/mol. The van der Waals surface area contributed by atoms with Crippen LogP contribution >= 0.6 is 0 Å². The zero-order chi connectivity index (χ0) is 30.7. The lowest BCUT2D eigenvalue weighted by Gasteiger charge is -2.27. The van der Waals surface area contributed by atoms with Gasteiger partial charge >= 0.3 is 11.9 Å². The van der Waals surface area contributed by atoms with Gasteiger partial charge in [0.25, 0.3) is 0 Å². The fourth-order valence-corrected chi connectivity index (χ4v) is 3.91. The minimum absolute atomic E-state index is 0.0235. The molecule has 0 spiro atoms. The zero-order valence-electron chi connectivity index (χ0n) is 22.7. The van der Waals surface area contributed by atoms with Crippen LogP contribution in [-0.4, -0.2) is 74.3 Å². The molecule has 0 saturated heterocycles. The molecule has 4 unspecified atom stereocenters. The summed E-state index contributed by atoms with van der Waals surface area (Å²) in [5, 5.41) is 44.8. The summed E-state index contributed by atoms with van der Waals surface area (Å²) in [4.78, 5) is 61.9. The monoisotopic (exact) mass is 572 g/mol. The van der Waals surface area contributed by atoms with Crippen LogP contribution in [0, 0.1) is 5.92 Å². The fourth-order valence-electron chi connectivity index (χ4n) is 3.91. The van der Waals surface area contributed by atoms with Crippen molar-refractivity contribution in [3.63, 3.8) is 0 Å². The molecule has 0 aromatic heterocycles. The Balaban J connectivity index is 2.20. The molecule has 222 valence electrons. The molecule has 0 aliphatic rings. The molecule has 3 amide bonds. The van der Waals surface area contributed by atoms with E-state index in [1.165, 1.54) is 36.4 Å². The molecule has 2 aromatic rings. The van der Waals surface area contributed by atoms with Crippen molar-refractivity contribution in [1.29, 1.82) is 0 Å². The van der Waals surface area contributed by atoms with Gasteiger partial charge in [0.1, 0.15) is 29.6 Å². The van der Waals surface area contributed by atoms with Gasteiger partial charge in [0.15, 0.2) is 0 Å². The largest absolute Gasteiger partial charge is 0.508 e. The number of phenolic OH excluding ortho intramolecular Hbond substituents is 2. The number of nitrogens with two attached hydrogens (primary N) is 1. The molecule has 0 radical (unpaired) electrons. The summed E-state index contributed by atoms with van der Waals surface area (Å²) in [6, 6.07) is 7.00. The van der Waals surface area contributed by atoms with Crippen molar-refractivity contribution in [2.45, 2.75) is 63.7 Å². The number of carbonyl (C=O) groups excluding carboxylic acids is 3. The minimum atomic E-state index is -1.52. The number of carboxylic acids is 2. The zero-order valence-corrected chi connectivity index (χ0v) is 22.7. The Hall–Kier alpha value is -4.65. The van der Waals surface area contributed by atoms with Crippen molar-refractivity contribution in [2.75, 3.05) is 0 Å². The lowest BCUT2D eigenvalue weighted by atomic mass is 9.99. The number of hydrogen-bond acceptors (Lipinski definition) is 8. The Bertz CT molecular complexity index is 1220. The predicted octanol–water partition coefficient (Wildman–Crippen LogP) is 0.270. The van der Waals surface area contributed by atoms with Gasteiger partial charge in [-0.05, 0) is 54.2 Å². The third kappa shape index (κ3) is 10.8. The molecule has 4 atom stereocenters. The second-order valence-corrected chi connectivity index (χ2v) is 9.97. The molecule has 9 N–H and O–H groups in total. The lowest BCUT2D eigenvalue weighted by molar-refractivity contribution is -0.143. The van der Waals surface area contributed by atoms with Gasteiger partial charge in [0.2, 0.25) is 17.7 Å². The Morgan fingerprint density at radius 1 is 0.707 bits per heavy atom. The first kappa shape index (κ1) is 32.6. The minimum Gasteiger partial charge on any atom is -0.508 e. The normalized spacial score (nSPS) is 13.9. The van der Waals surface area contributed by atoms with E-state index in [0.717, 1.165) is 0 Å². The van der Waals surface area contributed by atoms with Gasteiger partial charge in [-0.1, -0.05) is 38.1 Å². The third-order valence-electron chi connectivity index (χ3n) is 6.25. The number of nitrogens with one attached hydrogen (secondary N) is 3. The van der Waals surface area contributed by atoms with E-state index in [1.807, 2.05) is 0 Å². The highest BCUT2D eigenvalue weighted by molar-refractivity contribution is 5.94. The molecule has 2 rings (SSSR count). The van der Waals surface area contributed by atoms with Crippen LogP contribution in [-0.2, 0) is 36.8 Å². The van der Waals surface area contributed by atoms with E-state index < -0.39 is 66.2 Å². The Morgan fingerprint density at radius 3 is 1.66 bits per heavy atom. The number of aromatic hydroxyl groups is 2. The van der Waals surface area contributed by atoms with E-state index in [4.69, 9.17) is 10.8 Å². The number of benzene rings is 2. The number of carbonyl (C=O) groups is 5. The molecule has 41 heavy (non-hydrogen) atoms. The first-order valence-electron chi connectivity index (χ1n) is 12.9. The second-order valence-electron chi connectivity index (χ2n) is 9.97. The van der Waals surface area contributed by atoms with Gasteiger partial charge in [-0.2, -0.15) is 0 Å². The molecule has 0 fully saturated rings. The van der Waals surface area contributed by atoms with Crippen molar-refractivity contribution in [1.82, 2.24) is 16.0 Å². The van der Waals surface area contributed by atoms with Gasteiger partial charge in [-0.3, -0.25) is 19.2 Å². The Kier molecular flexibility index (Phi) is 12.1. The van der Waals surface area contributed by atoms with Crippen molar-refractivity contribution in [3.05, 3.63) is 59.7 Å². The molecule has 0 aliphatic carbocycles. The van der Waals surface area contributed by atoms with Crippen LogP contribution in [0.25, 0.3) is 0 Å². The second kappa shape index (κ2) is 15.2. The van der Waals surface area contributed by atoms with Crippen LogP contribution in [0.15, 0.2) is 48.5 Å². The van der Waals surface area contributed by atoms with E-state index in [1.54, 1.807) is 26.0 Å². The van der Waals surface area contributed by atoms with E-state index >= 15 is 0 Å². The highest BCUT2D eigenvalue weighted by Gasteiger charge is 2.32. The average Bonchev–Trinajstić information content (AvgIpc) is 2.90. The van der Waals surface area contributed by atoms with E-state index in [2.05, 4.69) is 16.0 Å². The van der Waals surface area contributed by atoms with Crippen molar-refractivity contribution in [3.8, 4) is 11.5 Å². The van der Waals surface area contributed by atoms with Gasteiger partial charge in [0.05, 0.1) is 6.04 Å². The SMILES string of the molecule is CC(C)C(NC(=O)C(N)Cc1ccc(O)cc1)C(=O)NC(Cc1ccc(O)cc1)C(=O)NC(CCC(=O)O)C(=O)O. The maximum atomic E-state index is 13.3. The molecule has 2 aromatic carbocycles. The first-order chi connectivity index (χ1) is 19.3. The van der Waals surface area contributed by atoms with Crippen molar-refractivity contribution < 1.29 is 44.4 Å². The number of carboxylic acid groups (broad SMARTS) is 2. The van der Waals surface area contributed by atoms with E-state index in [-0.39, 0.29) is 30.8 Å². The van der Waals surface area contributed by atoms with Crippen LogP contribution in [0.5, 0.6) is 11.5 Å². The summed E-state index contributed by atoms with van der Waals surface area (Å²) in [6.07, 6.45) is -0.836. The summed E-state index contributed by atoms with van der Waals surface area (Å²) in [7, 11) is 0. The van der Waals surface area contributed by atoms with Crippen LogP contribution in [0.1, 0.15) is 37.8 Å². The van der Waals surface area contributed by atoms with Gasteiger partial charge in [-0.15, -0.1) is 0 Å². The molecule has 13 nitrogen and oxygen atoms in total. The quantitative estimate of drug-likeness (QED) is 0.145. The van der Waals surface area contributed by atoms with Crippen LogP contribution in [0.2, 0.25) is 0 Å². The number of aliphatic carboxylic acids is 2. The summed E-state index contributed by atoms with van der Waals surface area (Å²) in [5.74, 6) is -5.28. The Morgan fingerprint density at radius 2 is 1.20 bits per heavy atom. The van der Waals surface area contributed by atoms with Crippen molar-refractivity contribution >= 4 is 29.7 Å². The molecule has 0 saturated carbocycles. The molecule has 0 aliphatic heterocycles.